The monoisotopic (exact) mass is 340 g/mol. The van der Waals surface area contributed by atoms with Gasteiger partial charge in [0.25, 0.3) is 10.0 Å². The Balaban J connectivity index is 2.55. The second-order valence-electron chi connectivity index (χ2n) is 4.58. The average Bonchev–Trinajstić information content (AvgIpc) is 3.03. The Labute approximate surface area is 133 Å². The number of hydrogen-bond donors (Lipinski definition) is 1. The number of hydrogen-bond acceptors (Lipinski definition) is 5. The van der Waals surface area contributed by atoms with E-state index in [1.807, 2.05) is 6.92 Å². The number of aromatic nitrogens is 1. The van der Waals surface area contributed by atoms with Crippen molar-refractivity contribution in [2.45, 2.75) is 24.0 Å². The summed E-state index contributed by atoms with van der Waals surface area (Å²) in [6.07, 6.45) is 2.84. The average molecular weight is 340 g/mol. The predicted molar refractivity (Wildman–Crippen MR) is 85.0 cm³/mol. The van der Waals surface area contributed by atoms with Crippen LogP contribution in [0.15, 0.2) is 40.7 Å². The summed E-state index contributed by atoms with van der Waals surface area (Å²) in [4.78, 5) is 11.4. The molecule has 0 bridgehead atoms. The first-order valence-corrected chi connectivity index (χ1v) is 8.95. The molecule has 0 spiro atoms. The minimum Gasteiger partial charge on any atom is -0.478 e. The summed E-state index contributed by atoms with van der Waals surface area (Å²) in [6, 6.07) is 7.53. The van der Waals surface area contributed by atoms with Crippen LogP contribution in [-0.2, 0) is 10.0 Å². The number of carbonyl (C=O) groups is 1. The van der Waals surface area contributed by atoms with Crippen molar-refractivity contribution in [2.24, 2.45) is 0 Å². The van der Waals surface area contributed by atoms with E-state index in [4.69, 9.17) is 0 Å². The zero-order valence-electron chi connectivity index (χ0n) is 12.0. The summed E-state index contributed by atoms with van der Waals surface area (Å²) < 4.78 is 30.6. The lowest BCUT2D eigenvalue weighted by molar-refractivity contribution is 0.0698. The molecular weight excluding hydrogens is 324 g/mol. The van der Waals surface area contributed by atoms with Gasteiger partial charge < -0.3 is 5.11 Å². The van der Waals surface area contributed by atoms with Crippen LogP contribution >= 0.6 is 11.5 Å². The Morgan fingerprint density at radius 3 is 2.64 bits per heavy atom. The lowest BCUT2D eigenvalue weighted by Gasteiger charge is -2.24. The Kier molecular flexibility index (Phi) is 5.15. The number of rotatable bonds is 7. The second-order valence-corrected chi connectivity index (χ2v) is 7.51. The molecule has 0 fully saturated rings. The Bertz CT molecular complexity index is 742. The highest BCUT2D eigenvalue weighted by atomic mass is 32.2. The molecule has 1 heterocycles. The van der Waals surface area contributed by atoms with Crippen molar-refractivity contribution in [3.8, 4) is 0 Å². The number of sulfonamides is 1. The smallest absolute Gasteiger partial charge is 0.337 e. The van der Waals surface area contributed by atoms with Gasteiger partial charge in [-0.2, -0.15) is 4.37 Å². The lowest BCUT2D eigenvalue weighted by Crippen LogP contribution is -2.32. The SMILES string of the molecule is CCCCN(c1ccccc1C(=O)O)S(=O)(=O)c1ccns1. The van der Waals surface area contributed by atoms with Crippen LogP contribution in [0.25, 0.3) is 0 Å². The molecule has 0 aliphatic rings. The minimum absolute atomic E-state index is 0.0355. The van der Waals surface area contributed by atoms with Crippen LogP contribution in [0.1, 0.15) is 30.1 Å². The van der Waals surface area contributed by atoms with Crippen molar-refractivity contribution >= 4 is 33.2 Å². The third-order valence-electron chi connectivity index (χ3n) is 3.08. The van der Waals surface area contributed by atoms with Crippen LogP contribution in [0.3, 0.4) is 0 Å². The van der Waals surface area contributed by atoms with Gasteiger partial charge in [-0.05, 0) is 36.2 Å². The van der Waals surface area contributed by atoms with E-state index < -0.39 is 16.0 Å². The molecule has 0 amide bonds. The highest BCUT2D eigenvalue weighted by Crippen LogP contribution is 2.29. The van der Waals surface area contributed by atoms with Gasteiger partial charge in [0, 0.05) is 12.7 Å². The summed E-state index contributed by atoms with van der Waals surface area (Å²) >= 11 is 0.874. The van der Waals surface area contributed by atoms with Crippen molar-refractivity contribution < 1.29 is 18.3 Å². The van der Waals surface area contributed by atoms with E-state index in [2.05, 4.69) is 4.37 Å². The normalized spacial score (nSPS) is 11.3. The summed E-state index contributed by atoms with van der Waals surface area (Å²) in [7, 11) is -3.81. The molecular formula is C14H16N2O4S2. The zero-order valence-corrected chi connectivity index (χ0v) is 13.6. The maximum Gasteiger partial charge on any atom is 0.337 e. The van der Waals surface area contributed by atoms with Crippen molar-refractivity contribution in [3.05, 3.63) is 42.1 Å². The van der Waals surface area contributed by atoms with Crippen LogP contribution in [0, 0.1) is 0 Å². The van der Waals surface area contributed by atoms with E-state index in [9.17, 15) is 18.3 Å². The summed E-state index contributed by atoms with van der Waals surface area (Å²) in [5.41, 5.74) is 0.142. The molecule has 6 nitrogen and oxygen atoms in total. The van der Waals surface area contributed by atoms with Gasteiger partial charge in [-0.1, -0.05) is 25.5 Å². The standard InChI is InChI=1S/C14H16N2O4S2/c1-2-3-10-16(22(19,20)13-8-9-15-21-13)12-7-5-4-6-11(12)14(17)18/h4-9H,2-3,10H2,1H3,(H,17,18). The van der Waals surface area contributed by atoms with Crippen molar-refractivity contribution in [3.63, 3.8) is 0 Å². The Hall–Kier alpha value is -1.93. The second kappa shape index (κ2) is 6.89. The number of aromatic carboxylic acids is 1. The Morgan fingerprint density at radius 2 is 2.05 bits per heavy atom. The van der Waals surface area contributed by atoms with E-state index in [1.54, 1.807) is 12.1 Å². The highest BCUT2D eigenvalue weighted by molar-refractivity contribution is 7.94. The number of carboxylic acids is 1. The fourth-order valence-electron chi connectivity index (χ4n) is 1.99. The van der Waals surface area contributed by atoms with Gasteiger partial charge in [0.2, 0.25) is 0 Å². The fourth-order valence-corrected chi connectivity index (χ4v) is 4.35. The molecule has 1 aromatic carbocycles. The molecule has 0 saturated heterocycles. The fraction of sp³-hybridized carbons (Fsp3) is 0.286. The first-order valence-electron chi connectivity index (χ1n) is 6.74. The summed E-state index contributed by atoms with van der Waals surface area (Å²) in [5.74, 6) is -1.16. The molecule has 118 valence electrons. The highest BCUT2D eigenvalue weighted by Gasteiger charge is 2.28. The number of benzene rings is 1. The van der Waals surface area contributed by atoms with E-state index in [0.717, 1.165) is 22.3 Å². The van der Waals surface area contributed by atoms with Gasteiger partial charge >= 0.3 is 5.97 Å². The molecule has 0 aliphatic carbocycles. The van der Waals surface area contributed by atoms with Gasteiger partial charge in [0.05, 0.1) is 11.3 Å². The molecule has 0 saturated carbocycles. The van der Waals surface area contributed by atoms with E-state index in [1.165, 1.54) is 24.4 Å². The number of para-hydroxylation sites is 1. The molecule has 0 radical (unpaired) electrons. The van der Waals surface area contributed by atoms with Crippen LogP contribution in [0.5, 0.6) is 0 Å². The molecule has 8 heteroatoms. The third kappa shape index (κ3) is 3.28. The number of anilines is 1. The maximum absolute atomic E-state index is 12.8. The van der Waals surface area contributed by atoms with Gasteiger partial charge in [0.1, 0.15) is 0 Å². The van der Waals surface area contributed by atoms with Gasteiger partial charge in [-0.15, -0.1) is 0 Å². The lowest BCUT2D eigenvalue weighted by atomic mass is 10.1. The van der Waals surface area contributed by atoms with E-state index in [0.29, 0.717) is 6.42 Å². The van der Waals surface area contributed by atoms with Crippen molar-refractivity contribution in [1.82, 2.24) is 4.37 Å². The number of unbranched alkanes of at least 4 members (excludes halogenated alkanes) is 1. The molecule has 0 unspecified atom stereocenters. The van der Waals surface area contributed by atoms with E-state index in [-0.39, 0.29) is 22.0 Å². The quantitative estimate of drug-likeness (QED) is 0.837. The molecule has 0 atom stereocenters. The van der Waals surface area contributed by atoms with E-state index >= 15 is 0 Å². The number of carboxylic acid groups (broad SMARTS) is 1. The molecule has 1 aromatic heterocycles. The van der Waals surface area contributed by atoms with Crippen LogP contribution in [-0.4, -0.2) is 30.4 Å². The summed E-state index contributed by atoms with van der Waals surface area (Å²) in [5, 5.41) is 9.31. The third-order valence-corrected chi connectivity index (χ3v) is 6.08. The molecule has 22 heavy (non-hydrogen) atoms. The van der Waals surface area contributed by atoms with Gasteiger partial charge in [-0.25, -0.2) is 13.2 Å². The largest absolute Gasteiger partial charge is 0.478 e. The Morgan fingerprint density at radius 1 is 1.32 bits per heavy atom. The van der Waals surface area contributed by atoms with Gasteiger partial charge in [-0.3, -0.25) is 4.31 Å². The maximum atomic E-state index is 12.8. The molecule has 0 aliphatic heterocycles. The molecule has 2 rings (SSSR count). The van der Waals surface area contributed by atoms with Crippen molar-refractivity contribution in [1.29, 1.82) is 0 Å². The molecule has 2 aromatic rings. The topological polar surface area (TPSA) is 87.6 Å². The first-order chi connectivity index (χ1) is 10.5. The predicted octanol–water partition coefficient (Wildman–Crippen LogP) is 2.84. The van der Waals surface area contributed by atoms with Gasteiger partial charge in [0.15, 0.2) is 4.21 Å². The summed E-state index contributed by atoms with van der Waals surface area (Å²) in [6.45, 7) is 2.17. The zero-order chi connectivity index (χ0) is 16.2. The number of nitrogens with zero attached hydrogens (tertiary/aromatic N) is 2. The van der Waals surface area contributed by atoms with Crippen LogP contribution < -0.4 is 4.31 Å². The van der Waals surface area contributed by atoms with Crippen LogP contribution in [0.4, 0.5) is 5.69 Å². The van der Waals surface area contributed by atoms with Crippen molar-refractivity contribution in [2.75, 3.05) is 10.8 Å². The van der Waals surface area contributed by atoms with Crippen LogP contribution in [0.2, 0.25) is 0 Å². The first kappa shape index (κ1) is 16.4. The molecule has 1 N–H and O–H groups in total. The minimum atomic E-state index is -3.81.